The molecule has 10 heteroatoms. The summed E-state index contributed by atoms with van der Waals surface area (Å²) in [5, 5.41) is 5.71. The molecule has 0 spiro atoms. The number of halogens is 1. The molecule has 0 saturated carbocycles. The molecule has 0 atom stereocenters. The van der Waals surface area contributed by atoms with Crippen LogP contribution in [0.15, 0.2) is 74.9 Å². The van der Waals surface area contributed by atoms with Crippen LogP contribution in [0.2, 0.25) is 5.02 Å². The van der Waals surface area contributed by atoms with Crippen LogP contribution in [-0.4, -0.2) is 23.5 Å². The molecule has 2 aromatic carbocycles. The maximum atomic E-state index is 12.8. The van der Waals surface area contributed by atoms with Crippen LogP contribution in [0.5, 0.6) is 0 Å². The third kappa shape index (κ3) is 4.91. The monoisotopic (exact) mass is 490 g/mol. The van der Waals surface area contributed by atoms with Crippen LogP contribution in [0.3, 0.4) is 0 Å². The van der Waals surface area contributed by atoms with E-state index in [4.69, 9.17) is 33.4 Å². The van der Waals surface area contributed by atoms with Crippen molar-refractivity contribution in [2.45, 2.75) is 11.4 Å². The number of nitrogens with zero attached hydrogens (tertiary/aromatic N) is 1. The van der Waals surface area contributed by atoms with Crippen molar-refractivity contribution < 1.29 is 17.6 Å². The minimum absolute atomic E-state index is 0.0198. The van der Waals surface area contributed by atoms with Gasteiger partial charge in [0.25, 0.3) is 5.91 Å². The van der Waals surface area contributed by atoms with Crippen molar-refractivity contribution in [2.75, 3.05) is 0 Å². The second kappa shape index (κ2) is 8.60. The number of nitrogens with two attached hydrogens (primary N) is 1. The highest BCUT2D eigenvalue weighted by molar-refractivity contribution is 8.26. The van der Waals surface area contributed by atoms with Crippen LogP contribution >= 0.6 is 35.6 Å². The zero-order chi connectivity index (χ0) is 22.2. The first-order chi connectivity index (χ1) is 14.7. The SMILES string of the molecule is NS(=O)(=O)c1ccc(-c2ccc(/C=C3\SC(=S)N(Cc4cccc(Cl)c4)C3=O)o2)cc1. The summed E-state index contributed by atoms with van der Waals surface area (Å²) in [6, 6.07) is 16.8. The Balaban J connectivity index is 1.52. The van der Waals surface area contributed by atoms with E-state index in [1.807, 2.05) is 12.1 Å². The number of hydrogen-bond donors (Lipinski definition) is 1. The molecular weight excluding hydrogens is 476 g/mol. The maximum Gasteiger partial charge on any atom is 0.266 e. The van der Waals surface area contributed by atoms with Crippen molar-refractivity contribution in [3.05, 3.63) is 81.9 Å². The first kappa shape index (κ1) is 21.8. The summed E-state index contributed by atoms with van der Waals surface area (Å²) in [7, 11) is -3.76. The smallest absolute Gasteiger partial charge is 0.266 e. The summed E-state index contributed by atoms with van der Waals surface area (Å²) in [5.74, 6) is 0.806. The molecule has 0 unspecified atom stereocenters. The molecule has 31 heavy (non-hydrogen) atoms. The normalized spacial score (nSPS) is 15.8. The fraction of sp³-hybridized carbons (Fsp3) is 0.0476. The van der Waals surface area contributed by atoms with Crippen LogP contribution in [0.25, 0.3) is 17.4 Å². The van der Waals surface area contributed by atoms with E-state index < -0.39 is 10.0 Å². The summed E-state index contributed by atoms with van der Waals surface area (Å²) in [6.07, 6.45) is 1.64. The van der Waals surface area contributed by atoms with Crippen LogP contribution in [0, 0.1) is 0 Å². The zero-order valence-corrected chi connectivity index (χ0v) is 19.0. The predicted octanol–water partition coefficient (Wildman–Crippen LogP) is 4.65. The van der Waals surface area contributed by atoms with Crippen molar-refractivity contribution in [3.63, 3.8) is 0 Å². The number of benzene rings is 2. The molecule has 1 fully saturated rings. The number of rotatable bonds is 5. The van der Waals surface area contributed by atoms with Gasteiger partial charge in [0, 0.05) is 16.7 Å². The quantitative estimate of drug-likeness (QED) is 0.413. The van der Waals surface area contributed by atoms with E-state index in [0.29, 0.717) is 37.9 Å². The third-order valence-electron chi connectivity index (χ3n) is 4.47. The van der Waals surface area contributed by atoms with E-state index >= 15 is 0 Å². The molecule has 0 aliphatic carbocycles. The zero-order valence-electron chi connectivity index (χ0n) is 15.8. The highest BCUT2D eigenvalue weighted by atomic mass is 35.5. The Hall–Kier alpha value is -2.43. The number of furan rings is 1. The highest BCUT2D eigenvalue weighted by Gasteiger charge is 2.32. The van der Waals surface area contributed by atoms with E-state index in [1.54, 1.807) is 42.5 Å². The Morgan fingerprint density at radius 3 is 2.55 bits per heavy atom. The largest absolute Gasteiger partial charge is 0.457 e. The molecule has 4 rings (SSSR count). The molecule has 1 aromatic heterocycles. The fourth-order valence-electron chi connectivity index (χ4n) is 2.98. The van der Waals surface area contributed by atoms with Gasteiger partial charge in [0.05, 0.1) is 16.3 Å². The van der Waals surface area contributed by atoms with Crippen LogP contribution in [-0.2, 0) is 21.4 Å². The van der Waals surface area contributed by atoms with Crippen LogP contribution in [0.1, 0.15) is 11.3 Å². The number of carbonyl (C=O) groups is 1. The van der Waals surface area contributed by atoms with Gasteiger partial charge in [0.1, 0.15) is 15.8 Å². The molecule has 2 heterocycles. The summed E-state index contributed by atoms with van der Waals surface area (Å²) in [5.41, 5.74) is 1.56. The second-order valence-electron chi connectivity index (χ2n) is 6.67. The van der Waals surface area contributed by atoms with Crippen molar-refractivity contribution in [1.29, 1.82) is 0 Å². The number of primary sulfonamides is 1. The first-order valence-corrected chi connectivity index (χ1v) is 12.1. The molecule has 1 amide bonds. The molecule has 0 radical (unpaired) electrons. The minimum atomic E-state index is -3.76. The van der Waals surface area contributed by atoms with Crippen LogP contribution < -0.4 is 5.14 Å². The lowest BCUT2D eigenvalue weighted by Gasteiger charge is -2.14. The molecular formula is C21H15ClN2O4S3. The molecule has 3 aromatic rings. The van der Waals surface area contributed by atoms with Gasteiger partial charge in [-0.05, 0) is 54.1 Å². The van der Waals surface area contributed by atoms with E-state index in [0.717, 1.165) is 5.56 Å². The molecule has 1 aliphatic rings. The Morgan fingerprint density at radius 2 is 1.87 bits per heavy atom. The van der Waals surface area contributed by atoms with Gasteiger partial charge >= 0.3 is 0 Å². The Labute approximate surface area is 193 Å². The summed E-state index contributed by atoms with van der Waals surface area (Å²) >= 11 is 12.6. The Bertz CT molecular complexity index is 1310. The maximum absolute atomic E-state index is 12.8. The summed E-state index contributed by atoms with van der Waals surface area (Å²) in [4.78, 5) is 14.8. The van der Waals surface area contributed by atoms with Gasteiger partial charge in [-0.2, -0.15) is 0 Å². The van der Waals surface area contributed by atoms with Crippen molar-refractivity contribution >= 4 is 61.9 Å². The molecule has 2 N–H and O–H groups in total. The number of thiocarbonyl (C=S) groups is 1. The fourth-order valence-corrected chi connectivity index (χ4v) is 4.94. The van der Waals surface area contributed by atoms with E-state index in [-0.39, 0.29) is 10.8 Å². The van der Waals surface area contributed by atoms with E-state index in [1.165, 1.54) is 28.8 Å². The van der Waals surface area contributed by atoms with Crippen molar-refractivity contribution in [3.8, 4) is 11.3 Å². The molecule has 1 aliphatic heterocycles. The molecule has 0 bridgehead atoms. The second-order valence-corrected chi connectivity index (χ2v) is 10.3. The number of hydrogen-bond acceptors (Lipinski definition) is 6. The standard InChI is InChI=1S/C21H15ClN2O4S3/c22-15-3-1-2-13(10-15)12-24-20(25)19(30-21(24)29)11-16-6-9-18(28-16)14-4-7-17(8-5-14)31(23,26)27/h1-11H,12H2,(H2,23,26,27)/b19-11-. The predicted molar refractivity (Wildman–Crippen MR) is 126 cm³/mol. The van der Waals surface area contributed by atoms with Gasteiger partial charge in [0.15, 0.2) is 0 Å². The average molecular weight is 491 g/mol. The minimum Gasteiger partial charge on any atom is -0.457 e. The van der Waals surface area contributed by atoms with Gasteiger partial charge in [0.2, 0.25) is 10.0 Å². The van der Waals surface area contributed by atoms with E-state index in [9.17, 15) is 13.2 Å². The lowest BCUT2D eigenvalue weighted by molar-refractivity contribution is -0.122. The highest BCUT2D eigenvalue weighted by Crippen LogP contribution is 2.34. The van der Waals surface area contributed by atoms with Crippen LogP contribution in [0.4, 0.5) is 0 Å². The van der Waals surface area contributed by atoms with Crippen molar-refractivity contribution in [1.82, 2.24) is 4.90 Å². The number of amides is 1. The average Bonchev–Trinajstić information content (AvgIpc) is 3.28. The Morgan fingerprint density at radius 1 is 1.13 bits per heavy atom. The summed E-state index contributed by atoms with van der Waals surface area (Å²) in [6.45, 7) is 0.336. The van der Waals surface area contributed by atoms with Gasteiger partial charge in [-0.1, -0.05) is 47.7 Å². The third-order valence-corrected chi connectivity index (χ3v) is 7.01. The molecule has 6 nitrogen and oxygen atoms in total. The lowest BCUT2D eigenvalue weighted by atomic mass is 10.2. The van der Waals surface area contributed by atoms with Gasteiger partial charge in [-0.25, -0.2) is 13.6 Å². The number of carbonyl (C=O) groups excluding carboxylic acids is 1. The Kier molecular flexibility index (Phi) is 6.05. The number of sulfonamides is 1. The topological polar surface area (TPSA) is 93.6 Å². The summed E-state index contributed by atoms with van der Waals surface area (Å²) < 4.78 is 29.0. The number of thioether (sulfide) groups is 1. The van der Waals surface area contributed by atoms with Gasteiger partial charge in [-0.3, -0.25) is 9.69 Å². The molecule has 1 saturated heterocycles. The van der Waals surface area contributed by atoms with E-state index in [2.05, 4.69) is 0 Å². The first-order valence-electron chi connectivity index (χ1n) is 8.93. The molecule has 158 valence electrons. The lowest BCUT2D eigenvalue weighted by Crippen LogP contribution is -2.27. The van der Waals surface area contributed by atoms with Gasteiger partial charge < -0.3 is 4.42 Å². The van der Waals surface area contributed by atoms with Gasteiger partial charge in [-0.15, -0.1) is 0 Å². The van der Waals surface area contributed by atoms with Crippen molar-refractivity contribution in [2.24, 2.45) is 5.14 Å².